The average molecular weight is 738 g/mol. The summed E-state index contributed by atoms with van der Waals surface area (Å²) in [6.07, 6.45) is -5.00. The molecule has 0 aliphatic heterocycles. The summed E-state index contributed by atoms with van der Waals surface area (Å²) in [5.74, 6) is -4.60. The SMILES string of the molecule is CCOc1cc(CC)cc(C(Nc2ccc3c(N)nccc3c2)c2ncc(-c3cccc(CC)c3)[nH]2)c1F.O=C(O)C(F)(F)F.O=C(O)C(F)(F)F. The molecule has 0 bridgehead atoms. The molecule has 0 aliphatic rings. The van der Waals surface area contributed by atoms with Gasteiger partial charge in [-0.25, -0.2) is 23.9 Å². The van der Waals surface area contributed by atoms with Gasteiger partial charge in [0.15, 0.2) is 11.6 Å². The third-order valence-electron chi connectivity index (χ3n) is 7.25. The van der Waals surface area contributed by atoms with E-state index in [0.29, 0.717) is 23.8 Å². The fourth-order valence-corrected chi connectivity index (χ4v) is 4.69. The van der Waals surface area contributed by atoms with Crippen LogP contribution in [0.3, 0.4) is 0 Å². The van der Waals surface area contributed by atoms with Crippen molar-refractivity contribution in [2.45, 2.75) is 52.0 Å². The zero-order valence-electron chi connectivity index (χ0n) is 27.9. The van der Waals surface area contributed by atoms with Crippen molar-refractivity contribution in [2.24, 2.45) is 0 Å². The van der Waals surface area contributed by atoms with Crippen molar-refractivity contribution in [3.05, 3.63) is 101 Å². The number of nitrogens with zero attached hydrogens (tertiary/aromatic N) is 2. The number of imidazole rings is 1. The number of alkyl halides is 6. The second-order valence-electron chi connectivity index (χ2n) is 10.8. The van der Waals surface area contributed by atoms with Gasteiger partial charge in [-0.15, -0.1) is 0 Å². The Kier molecular flexibility index (Phi) is 13.5. The van der Waals surface area contributed by atoms with Gasteiger partial charge in [0.25, 0.3) is 0 Å². The van der Waals surface area contributed by atoms with Crippen LogP contribution in [-0.2, 0) is 22.4 Å². The van der Waals surface area contributed by atoms with E-state index in [4.69, 9.17) is 35.3 Å². The van der Waals surface area contributed by atoms with Gasteiger partial charge in [0, 0.05) is 22.8 Å². The number of ether oxygens (including phenoxy) is 1. The summed E-state index contributed by atoms with van der Waals surface area (Å²) in [5.41, 5.74) is 11.4. The lowest BCUT2D eigenvalue weighted by Gasteiger charge is -2.22. The molecular weight excluding hydrogens is 703 g/mol. The lowest BCUT2D eigenvalue weighted by molar-refractivity contribution is -0.193. The van der Waals surface area contributed by atoms with Crippen LogP contribution in [0.1, 0.15) is 49.3 Å². The molecule has 0 amide bonds. The van der Waals surface area contributed by atoms with Crippen molar-refractivity contribution in [3.63, 3.8) is 0 Å². The van der Waals surface area contributed by atoms with Gasteiger partial charge < -0.3 is 31.0 Å². The molecule has 1 unspecified atom stereocenters. The van der Waals surface area contributed by atoms with Crippen LogP contribution in [0, 0.1) is 5.82 Å². The molecule has 0 fully saturated rings. The first-order valence-electron chi connectivity index (χ1n) is 15.5. The Morgan fingerprint density at radius 1 is 0.885 bits per heavy atom. The number of benzene rings is 3. The van der Waals surface area contributed by atoms with Crippen molar-refractivity contribution in [1.82, 2.24) is 15.0 Å². The minimum absolute atomic E-state index is 0.244. The van der Waals surface area contributed by atoms with Crippen LogP contribution < -0.4 is 15.8 Å². The summed E-state index contributed by atoms with van der Waals surface area (Å²) < 4.78 is 85.1. The van der Waals surface area contributed by atoms with Crippen molar-refractivity contribution in [3.8, 4) is 17.0 Å². The van der Waals surface area contributed by atoms with Crippen molar-refractivity contribution in [1.29, 1.82) is 0 Å². The second-order valence-corrected chi connectivity index (χ2v) is 10.8. The Hall–Kier alpha value is -5.87. The Balaban J connectivity index is 0.000000441. The molecule has 0 spiro atoms. The van der Waals surface area contributed by atoms with Gasteiger partial charge >= 0.3 is 24.3 Å². The van der Waals surface area contributed by atoms with Crippen molar-refractivity contribution in [2.75, 3.05) is 17.7 Å². The van der Waals surface area contributed by atoms with E-state index in [9.17, 15) is 26.3 Å². The van der Waals surface area contributed by atoms with Crippen molar-refractivity contribution >= 4 is 34.2 Å². The number of nitrogens with two attached hydrogens (primary N) is 1. The topological polar surface area (TPSA) is 163 Å². The first-order chi connectivity index (χ1) is 24.4. The van der Waals surface area contributed by atoms with E-state index in [1.165, 1.54) is 5.56 Å². The third-order valence-corrected chi connectivity index (χ3v) is 7.25. The molecule has 0 saturated heterocycles. The number of nitrogens with one attached hydrogen (secondary N) is 2. The van der Waals surface area contributed by atoms with Crippen molar-refractivity contribution < 1.29 is 55.3 Å². The number of fused-ring (bicyclic) bond motifs is 1. The first-order valence-corrected chi connectivity index (χ1v) is 15.5. The molecule has 5 aromatic rings. The number of H-pyrrole nitrogens is 1. The normalized spacial score (nSPS) is 11.8. The zero-order valence-corrected chi connectivity index (χ0v) is 27.9. The number of aryl methyl sites for hydroxylation is 2. The molecule has 6 N–H and O–H groups in total. The van der Waals surface area contributed by atoms with Crippen LogP contribution >= 0.6 is 0 Å². The number of aliphatic carboxylic acids is 2. The fourth-order valence-electron chi connectivity index (χ4n) is 4.69. The molecule has 2 heterocycles. The quantitative estimate of drug-likeness (QED) is 0.0936. The van der Waals surface area contributed by atoms with E-state index in [2.05, 4.69) is 34.3 Å². The number of halogens is 7. The molecular formula is C35H34F7N5O5. The van der Waals surface area contributed by atoms with Gasteiger partial charge in [0.2, 0.25) is 0 Å². The molecule has 0 aliphatic carbocycles. The van der Waals surface area contributed by atoms with Gasteiger partial charge in [-0.05, 0) is 78.2 Å². The molecule has 5 rings (SSSR count). The smallest absolute Gasteiger partial charge is 0.490 e. The van der Waals surface area contributed by atoms with Crippen LogP contribution in [0.4, 0.5) is 42.2 Å². The number of aromatic amines is 1. The van der Waals surface area contributed by atoms with E-state index < -0.39 is 36.2 Å². The van der Waals surface area contributed by atoms with Crippen LogP contribution in [0.2, 0.25) is 0 Å². The number of hydrogen-bond acceptors (Lipinski definition) is 7. The highest BCUT2D eigenvalue weighted by molar-refractivity contribution is 5.93. The van der Waals surface area contributed by atoms with E-state index in [0.717, 1.165) is 46.1 Å². The molecule has 10 nitrogen and oxygen atoms in total. The van der Waals surface area contributed by atoms with E-state index in [1.807, 2.05) is 56.3 Å². The molecule has 0 saturated carbocycles. The zero-order chi connectivity index (χ0) is 38.8. The summed E-state index contributed by atoms with van der Waals surface area (Å²) in [5, 5.41) is 19.6. The number of carboxylic acids is 2. The third kappa shape index (κ3) is 10.8. The summed E-state index contributed by atoms with van der Waals surface area (Å²) in [4.78, 5) is 30.1. The lowest BCUT2D eigenvalue weighted by Crippen LogP contribution is -2.21. The maximum atomic E-state index is 15.9. The minimum Gasteiger partial charge on any atom is -0.491 e. The van der Waals surface area contributed by atoms with Gasteiger partial charge in [0.1, 0.15) is 17.7 Å². The summed E-state index contributed by atoms with van der Waals surface area (Å²) >= 11 is 0. The molecule has 17 heteroatoms. The number of carbonyl (C=O) groups is 2. The predicted octanol–water partition coefficient (Wildman–Crippen LogP) is 8.34. The van der Waals surface area contributed by atoms with E-state index in [-0.39, 0.29) is 5.75 Å². The summed E-state index contributed by atoms with van der Waals surface area (Å²) in [7, 11) is 0. The van der Waals surface area contributed by atoms with E-state index in [1.54, 1.807) is 18.5 Å². The molecule has 3 aromatic carbocycles. The maximum Gasteiger partial charge on any atom is 0.490 e. The van der Waals surface area contributed by atoms with Gasteiger partial charge in [-0.2, -0.15) is 26.3 Å². The highest BCUT2D eigenvalue weighted by Gasteiger charge is 2.39. The molecule has 0 radical (unpaired) electrons. The van der Waals surface area contributed by atoms with E-state index >= 15 is 4.39 Å². The predicted molar refractivity (Wildman–Crippen MR) is 179 cm³/mol. The minimum atomic E-state index is -5.08. The monoisotopic (exact) mass is 737 g/mol. The largest absolute Gasteiger partial charge is 0.491 e. The maximum absolute atomic E-state index is 15.9. The number of aromatic nitrogens is 3. The lowest BCUT2D eigenvalue weighted by atomic mass is 9.99. The van der Waals surface area contributed by atoms with Crippen LogP contribution in [-0.4, -0.2) is 56.1 Å². The summed E-state index contributed by atoms with van der Waals surface area (Å²) in [6, 6.07) is 19.1. The number of nitrogen functional groups attached to an aromatic ring is 1. The second kappa shape index (κ2) is 17.4. The molecule has 1 atom stereocenters. The molecule has 2 aromatic heterocycles. The molecule has 278 valence electrons. The Morgan fingerprint density at radius 2 is 1.52 bits per heavy atom. The number of hydrogen-bond donors (Lipinski definition) is 5. The number of anilines is 2. The highest BCUT2D eigenvalue weighted by atomic mass is 19.4. The standard InChI is InChI=1S/C31H32FN5O.2C2HF3O2/c1-4-19-8-7-9-22(14-19)26-18-35-31(37-26)29(25-15-20(5-2)16-27(28(25)32)38-6-3)36-23-10-11-24-21(17-23)12-13-34-30(24)33;2*3-2(4,5)1(6)7/h7-18,29,36H,4-6H2,1-3H3,(H2,33,34)(H,35,37);2*(H,6,7). The first kappa shape index (κ1) is 40.6. The fraction of sp³-hybridized carbons (Fsp3) is 0.257. The van der Waals surface area contributed by atoms with Gasteiger partial charge in [-0.3, -0.25) is 0 Å². The number of pyridine rings is 1. The van der Waals surface area contributed by atoms with Crippen LogP contribution in [0.15, 0.2) is 73.1 Å². The van der Waals surface area contributed by atoms with Crippen LogP contribution in [0.25, 0.3) is 22.0 Å². The molecule has 52 heavy (non-hydrogen) atoms. The van der Waals surface area contributed by atoms with Gasteiger partial charge in [0.05, 0.1) is 18.5 Å². The highest BCUT2D eigenvalue weighted by Crippen LogP contribution is 2.35. The summed E-state index contributed by atoms with van der Waals surface area (Å²) in [6.45, 7) is 6.40. The van der Waals surface area contributed by atoms with Crippen LogP contribution in [0.5, 0.6) is 5.75 Å². The Bertz CT molecular complexity index is 1970. The Morgan fingerprint density at radius 3 is 2.10 bits per heavy atom. The Labute approximate surface area is 292 Å². The number of carboxylic acid groups (broad SMARTS) is 2. The van der Waals surface area contributed by atoms with Gasteiger partial charge in [-0.1, -0.05) is 38.1 Å². The number of rotatable bonds is 9. The average Bonchev–Trinajstić information content (AvgIpc) is 3.58.